The lowest BCUT2D eigenvalue weighted by atomic mass is 10.2. The second-order valence-corrected chi connectivity index (χ2v) is 5.53. The van der Waals surface area contributed by atoms with Crippen molar-refractivity contribution in [3.63, 3.8) is 0 Å². The number of nitrogens with one attached hydrogen (secondary N) is 1. The monoisotopic (exact) mass is 375 g/mol. The molecule has 1 amide bonds. The van der Waals surface area contributed by atoms with Crippen LogP contribution in [0.3, 0.4) is 0 Å². The molecule has 0 aliphatic carbocycles. The van der Waals surface area contributed by atoms with E-state index in [1.54, 1.807) is 42.5 Å². The number of benzene rings is 2. The number of ether oxygens (including phenoxy) is 3. The van der Waals surface area contributed by atoms with Crippen molar-refractivity contribution < 1.29 is 28.2 Å². The zero-order valence-corrected chi connectivity index (χ0v) is 15.1. The zero-order valence-electron chi connectivity index (χ0n) is 15.1. The molecule has 7 heteroatoms. The fraction of sp³-hybridized carbons (Fsp3) is 0.300. The van der Waals surface area contributed by atoms with Crippen LogP contribution in [0.2, 0.25) is 0 Å². The van der Waals surface area contributed by atoms with E-state index < -0.39 is 24.3 Å². The Hall–Kier alpha value is -3.09. The van der Waals surface area contributed by atoms with Gasteiger partial charge in [0.15, 0.2) is 6.61 Å². The predicted molar refractivity (Wildman–Crippen MR) is 96.9 cm³/mol. The summed E-state index contributed by atoms with van der Waals surface area (Å²) in [6.45, 7) is 2.22. The normalized spacial score (nSPS) is 10.1. The van der Waals surface area contributed by atoms with Crippen LogP contribution in [0.15, 0.2) is 48.5 Å². The highest BCUT2D eigenvalue weighted by molar-refractivity contribution is 5.80. The Balaban J connectivity index is 1.61. The van der Waals surface area contributed by atoms with Crippen LogP contribution in [0.4, 0.5) is 4.39 Å². The molecule has 2 aromatic carbocycles. The van der Waals surface area contributed by atoms with Crippen molar-refractivity contribution in [2.45, 2.75) is 19.9 Å². The Kier molecular flexibility index (Phi) is 8.09. The number of carbonyl (C=O) groups excluding carboxylic acids is 2. The van der Waals surface area contributed by atoms with E-state index in [0.29, 0.717) is 17.9 Å². The highest BCUT2D eigenvalue weighted by Gasteiger charge is 2.09. The van der Waals surface area contributed by atoms with Gasteiger partial charge in [0.05, 0.1) is 19.6 Å². The summed E-state index contributed by atoms with van der Waals surface area (Å²) in [7, 11) is 0. The van der Waals surface area contributed by atoms with Gasteiger partial charge in [0.1, 0.15) is 17.3 Å². The summed E-state index contributed by atoms with van der Waals surface area (Å²) in [6.07, 6.45) is 0.00774. The van der Waals surface area contributed by atoms with Gasteiger partial charge in [0.2, 0.25) is 0 Å². The van der Waals surface area contributed by atoms with Gasteiger partial charge >= 0.3 is 5.97 Å². The van der Waals surface area contributed by atoms with E-state index in [9.17, 15) is 14.0 Å². The maximum Gasteiger partial charge on any atom is 0.309 e. The lowest BCUT2D eigenvalue weighted by Crippen LogP contribution is -2.28. The van der Waals surface area contributed by atoms with Gasteiger partial charge in [-0.05, 0) is 37.3 Å². The third-order valence-electron chi connectivity index (χ3n) is 3.51. The van der Waals surface area contributed by atoms with Crippen molar-refractivity contribution in [3.8, 4) is 11.5 Å². The van der Waals surface area contributed by atoms with E-state index in [-0.39, 0.29) is 19.6 Å². The molecule has 0 unspecified atom stereocenters. The van der Waals surface area contributed by atoms with Crippen molar-refractivity contribution in [2.75, 3.05) is 19.8 Å². The van der Waals surface area contributed by atoms with Crippen LogP contribution < -0.4 is 14.8 Å². The number of esters is 1. The number of rotatable bonds is 10. The minimum Gasteiger partial charge on any atom is -0.494 e. The minimum atomic E-state index is -0.554. The molecule has 6 nitrogen and oxygen atoms in total. The first-order valence-corrected chi connectivity index (χ1v) is 8.60. The van der Waals surface area contributed by atoms with Crippen LogP contribution >= 0.6 is 0 Å². The molecule has 1 N–H and O–H groups in total. The average Bonchev–Trinajstić information content (AvgIpc) is 2.67. The summed E-state index contributed by atoms with van der Waals surface area (Å²) in [4.78, 5) is 23.3. The van der Waals surface area contributed by atoms with Gasteiger partial charge in [-0.15, -0.1) is 0 Å². The topological polar surface area (TPSA) is 73.9 Å². The van der Waals surface area contributed by atoms with Gasteiger partial charge in [-0.1, -0.05) is 18.2 Å². The summed E-state index contributed by atoms with van der Waals surface area (Å²) >= 11 is 0. The first-order valence-electron chi connectivity index (χ1n) is 8.60. The van der Waals surface area contributed by atoms with E-state index in [0.717, 1.165) is 5.75 Å². The molecule has 0 saturated heterocycles. The van der Waals surface area contributed by atoms with Crippen LogP contribution in [0.25, 0.3) is 0 Å². The maximum atomic E-state index is 13.4. The fourth-order valence-corrected chi connectivity index (χ4v) is 2.16. The highest BCUT2D eigenvalue weighted by atomic mass is 19.1. The van der Waals surface area contributed by atoms with Gasteiger partial charge in [0.25, 0.3) is 5.91 Å². The number of hydrogen-bond donors (Lipinski definition) is 1. The lowest BCUT2D eigenvalue weighted by molar-refractivity contribution is -0.149. The van der Waals surface area contributed by atoms with E-state index >= 15 is 0 Å². The predicted octanol–water partition coefficient (Wildman–Crippen LogP) is 2.85. The second-order valence-electron chi connectivity index (χ2n) is 5.53. The molecule has 2 rings (SSSR count). The molecule has 0 aliphatic rings. The molecule has 0 aromatic heterocycles. The molecular weight excluding hydrogens is 353 g/mol. The molecule has 2 aromatic rings. The fourth-order valence-electron chi connectivity index (χ4n) is 2.16. The van der Waals surface area contributed by atoms with E-state index in [1.807, 2.05) is 6.92 Å². The second kappa shape index (κ2) is 10.8. The van der Waals surface area contributed by atoms with Gasteiger partial charge in [-0.25, -0.2) is 4.39 Å². The van der Waals surface area contributed by atoms with Crippen LogP contribution in [-0.4, -0.2) is 31.7 Å². The summed E-state index contributed by atoms with van der Waals surface area (Å²) in [5.41, 5.74) is 0.362. The molecule has 0 fully saturated rings. The van der Waals surface area contributed by atoms with Crippen molar-refractivity contribution in [2.24, 2.45) is 0 Å². The average molecular weight is 375 g/mol. The Morgan fingerprint density at radius 3 is 2.33 bits per heavy atom. The summed E-state index contributed by atoms with van der Waals surface area (Å²) < 4.78 is 29.1. The third kappa shape index (κ3) is 7.35. The first kappa shape index (κ1) is 20.2. The standard InChI is InChI=1S/C20H22FNO5/c1-2-25-16-7-9-17(10-8-16)26-12-11-20(24)27-14-19(23)22-13-15-5-3-4-6-18(15)21/h3-10H,2,11-14H2,1H3,(H,22,23). The maximum absolute atomic E-state index is 13.4. The van der Waals surface area contributed by atoms with Crippen molar-refractivity contribution in [3.05, 3.63) is 59.9 Å². The molecule has 27 heavy (non-hydrogen) atoms. The lowest BCUT2D eigenvalue weighted by Gasteiger charge is -2.09. The Morgan fingerprint density at radius 1 is 1.00 bits per heavy atom. The number of carbonyl (C=O) groups is 2. The SMILES string of the molecule is CCOc1ccc(OCCC(=O)OCC(=O)NCc2ccccc2F)cc1. The molecule has 0 radical (unpaired) electrons. The number of halogens is 1. The highest BCUT2D eigenvalue weighted by Crippen LogP contribution is 2.17. The van der Waals surface area contributed by atoms with Crippen LogP contribution in [0, 0.1) is 5.82 Å². The van der Waals surface area contributed by atoms with Gasteiger partial charge in [-0.3, -0.25) is 9.59 Å². The van der Waals surface area contributed by atoms with Crippen molar-refractivity contribution in [1.82, 2.24) is 5.32 Å². The quantitative estimate of drug-likeness (QED) is 0.647. The summed E-state index contributed by atoms with van der Waals surface area (Å²) in [5.74, 6) is -0.109. The molecule has 0 heterocycles. The van der Waals surface area contributed by atoms with Gasteiger partial charge < -0.3 is 19.5 Å². The van der Waals surface area contributed by atoms with E-state index in [4.69, 9.17) is 14.2 Å². The van der Waals surface area contributed by atoms with Gasteiger partial charge in [0, 0.05) is 12.1 Å². The largest absolute Gasteiger partial charge is 0.494 e. The van der Waals surface area contributed by atoms with Crippen molar-refractivity contribution >= 4 is 11.9 Å². The third-order valence-corrected chi connectivity index (χ3v) is 3.51. The summed E-state index contributed by atoms with van der Waals surface area (Å²) in [5, 5.41) is 2.49. The molecular formula is C20H22FNO5. The van der Waals surface area contributed by atoms with Gasteiger partial charge in [-0.2, -0.15) is 0 Å². The molecule has 0 aliphatic heterocycles. The molecule has 0 spiro atoms. The number of amides is 1. The molecule has 144 valence electrons. The Morgan fingerprint density at radius 2 is 1.67 bits per heavy atom. The minimum absolute atomic E-state index is 0.00774. The van der Waals surface area contributed by atoms with Crippen LogP contribution in [0.1, 0.15) is 18.9 Å². The smallest absolute Gasteiger partial charge is 0.309 e. The zero-order chi connectivity index (χ0) is 19.5. The van der Waals surface area contributed by atoms with E-state index in [2.05, 4.69) is 5.32 Å². The molecule has 0 saturated carbocycles. The molecule has 0 atom stereocenters. The molecule has 0 bridgehead atoms. The number of hydrogen-bond acceptors (Lipinski definition) is 5. The first-order chi connectivity index (χ1) is 13.1. The van der Waals surface area contributed by atoms with Crippen LogP contribution in [0.5, 0.6) is 11.5 Å². The van der Waals surface area contributed by atoms with Crippen molar-refractivity contribution in [1.29, 1.82) is 0 Å². The Bertz CT molecular complexity index is 748. The van der Waals surface area contributed by atoms with Crippen LogP contribution in [-0.2, 0) is 20.9 Å². The van der Waals surface area contributed by atoms with E-state index in [1.165, 1.54) is 6.07 Å². The summed E-state index contributed by atoms with van der Waals surface area (Å²) in [6, 6.07) is 13.2. The Labute approximate surface area is 157 Å².